The number of benzene rings is 1. The van der Waals surface area contributed by atoms with E-state index in [9.17, 15) is 23.3 Å². The Hall–Kier alpha value is -1.65. The molecule has 0 aliphatic heterocycles. The number of nitrogens with one attached hydrogen (secondary N) is 1. The lowest BCUT2D eigenvalue weighted by Gasteiger charge is -2.21. The fourth-order valence-electron chi connectivity index (χ4n) is 2.83. The second kappa shape index (κ2) is 9.33. The lowest BCUT2D eigenvalue weighted by Crippen LogP contribution is -2.31. The van der Waals surface area contributed by atoms with Gasteiger partial charge >= 0.3 is 5.97 Å². The van der Waals surface area contributed by atoms with Gasteiger partial charge in [-0.3, -0.25) is 14.9 Å². The number of rotatable bonds is 8. The summed E-state index contributed by atoms with van der Waals surface area (Å²) >= 11 is 1.15. The number of thioether (sulfide) groups is 1. The molecule has 10 heteroatoms. The Balaban J connectivity index is 1.94. The molecule has 26 heavy (non-hydrogen) atoms. The molecule has 0 bridgehead atoms. The second-order valence-corrected chi connectivity index (χ2v) is 8.72. The highest BCUT2D eigenvalue weighted by Crippen LogP contribution is 2.29. The summed E-state index contributed by atoms with van der Waals surface area (Å²) in [6.45, 7) is -0.207. The molecular weight excluding hydrogens is 380 g/mol. The van der Waals surface area contributed by atoms with Gasteiger partial charge in [-0.1, -0.05) is 19.3 Å². The van der Waals surface area contributed by atoms with E-state index in [0.29, 0.717) is 17.4 Å². The first kappa shape index (κ1) is 20.7. The summed E-state index contributed by atoms with van der Waals surface area (Å²) in [6.07, 6.45) is 7.15. The Bertz CT molecular complexity index is 760. The van der Waals surface area contributed by atoms with Crippen molar-refractivity contribution >= 4 is 33.4 Å². The van der Waals surface area contributed by atoms with Crippen LogP contribution in [-0.4, -0.2) is 38.7 Å². The van der Waals surface area contributed by atoms with Crippen molar-refractivity contribution in [2.75, 3.05) is 19.4 Å². The molecule has 1 aromatic carbocycles. The summed E-state index contributed by atoms with van der Waals surface area (Å²) in [6, 6.07) is 3.63. The fourth-order valence-corrected chi connectivity index (χ4v) is 4.37. The van der Waals surface area contributed by atoms with Crippen molar-refractivity contribution in [3.05, 3.63) is 28.3 Å². The standard InChI is InChI=1S/C16H22N2O6S2/c1-25-15-8-7-13(9-14(15)18(20)21)26(22,23)17-10-16(19)24-11-12-5-3-2-4-6-12/h7-9,12,17H,2-6,10-11H2,1H3. The molecule has 0 spiro atoms. The fraction of sp³-hybridized carbons (Fsp3) is 0.562. The smallest absolute Gasteiger partial charge is 0.321 e. The van der Waals surface area contributed by atoms with Gasteiger partial charge in [0.1, 0.15) is 6.54 Å². The molecule has 0 aromatic heterocycles. The average Bonchev–Trinajstić information content (AvgIpc) is 2.65. The zero-order chi connectivity index (χ0) is 19.2. The quantitative estimate of drug-likeness (QED) is 0.307. The normalized spacial score (nSPS) is 15.6. The van der Waals surface area contributed by atoms with E-state index >= 15 is 0 Å². The molecule has 0 heterocycles. The van der Waals surface area contributed by atoms with Gasteiger partial charge < -0.3 is 4.74 Å². The number of nitrogens with zero attached hydrogens (tertiary/aromatic N) is 1. The van der Waals surface area contributed by atoms with Crippen molar-refractivity contribution in [3.8, 4) is 0 Å². The summed E-state index contributed by atoms with van der Waals surface area (Å²) in [7, 11) is -4.04. The summed E-state index contributed by atoms with van der Waals surface area (Å²) in [5.74, 6) is -0.319. The average molecular weight is 402 g/mol. The molecule has 0 atom stereocenters. The van der Waals surface area contributed by atoms with E-state index in [1.807, 2.05) is 0 Å². The third kappa shape index (κ3) is 5.68. The van der Waals surface area contributed by atoms with Crippen LogP contribution in [0.1, 0.15) is 32.1 Å². The number of carbonyl (C=O) groups is 1. The van der Waals surface area contributed by atoms with E-state index in [1.54, 1.807) is 6.26 Å². The topological polar surface area (TPSA) is 116 Å². The van der Waals surface area contributed by atoms with Crippen LogP contribution in [0.25, 0.3) is 0 Å². The summed E-state index contributed by atoms with van der Waals surface area (Å²) in [5, 5.41) is 11.1. The minimum atomic E-state index is -4.04. The summed E-state index contributed by atoms with van der Waals surface area (Å²) in [4.78, 5) is 22.3. The van der Waals surface area contributed by atoms with E-state index in [2.05, 4.69) is 4.72 Å². The zero-order valence-electron chi connectivity index (χ0n) is 14.5. The SMILES string of the molecule is CSc1ccc(S(=O)(=O)NCC(=O)OCC2CCCCC2)cc1[N+](=O)[O-]. The van der Waals surface area contributed by atoms with Gasteiger partial charge in [-0.05, 0) is 37.1 Å². The maximum atomic E-state index is 12.3. The highest BCUT2D eigenvalue weighted by atomic mass is 32.2. The largest absolute Gasteiger partial charge is 0.464 e. The number of ether oxygens (including phenoxy) is 1. The van der Waals surface area contributed by atoms with Crippen LogP contribution in [0.3, 0.4) is 0 Å². The van der Waals surface area contributed by atoms with Gasteiger partial charge in [0.05, 0.1) is 21.3 Å². The van der Waals surface area contributed by atoms with Crippen molar-refractivity contribution in [3.63, 3.8) is 0 Å². The van der Waals surface area contributed by atoms with Gasteiger partial charge in [0.2, 0.25) is 10.0 Å². The molecule has 1 aromatic rings. The van der Waals surface area contributed by atoms with Crippen molar-refractivity contribution in [2.45, 2.75) is 41.9 Å². The van der Waals surface area contributed by atoms with Crippen LogP contribution < -0.4 is 4.72 Å². The maximum absolute atomic E-state index is 12.3. The number of nitro groups is 1. The van der Waals surface area contributed by atoms with Gasteiger partial charge in [0.15, 0.2) is 0 Å². The van der Waals surface area contributed by atoms with Crippen LogP contribution in [0.5, 0.6) is 0 Å². The molecule has 2 rings (SSSR count). The van der Waals surface area contributed by atoms with Crippen molar-refractivity contribution in [1.82, 2.24) is 4.72 Å². The molecular formula is C16H22N2O6S2. The predicted octanol–water partition coefficient (Wildman–Crippen LogP) is 2.72. The molecule has 1 N–H and O–H groups in total. The summed E-state index contributed by atoms with van der Waals surface area (Å²) in [5.41, 5.74) is -0.291. The first-order valence-electron chi connectivity index (χ1n) is 8.31. The van der Waals surface area contributed by atoms with E-state index in [0.717, 1.165) is 43.5 Å². The van der Waals surface area contributed by atoms with Crippen LogP contribution in [0.15, 0.2) is 28.0 Å². The Kier molecular flexibility index (Phi) is 7.42. The van der Waals surface area contributed by atoms with E-state index < -0.39 is 27.5 Å². The highest BCUT2D eigenvalue weighted by Gasteiger charge is 2.22. The monoisotopic (exact) mass is 402 g/mol. The third-order valence-electron chi connectivity index (χ3n) is 4.27. The van der Waals surface area contributed by atoms with Gasteiger partial charge in [-0.15, -0.1) is 11.8 Å². The van der Waals surface area contributed by atoms with Crippen molar-refractivity contribution < 1.29 is 22.9 Å². The lowest BCUT2D eigenvalue weighted by atomic mass is 9.90. The third-order valence-corrected chi connectivity index (χ3v) is 6.45. The zero-order valence-corrected chi connectivity index (χ0v) is 16.1. The molecule has 0 radical (unpaired) electrons. The van der Waals surface area contributed by atoms with Gasteiger partial charge in [-0.25, -0.2) is 8.42 Å². The van der Waals surface area contributed by atoms with Crippen molar-refractivity contribution in [1.29, 1.82) is 0 Å². The Morgan fingerprint density at radius 3 is 2.65 bits per heavy atom. The molecule has 0 amide bonds. The van der Waals surface area contributed by atoms with E-state index in [1.165, 1.54) is 18.6 Å². The number of carbonyl (C=O) groups excluding carboxylic acids is 1. The number of hydrogen-bond donors (Lipinski definition) is 1. The number of esters is 1. The molecule has 1 aliphatic rings. The van der Waals surface area contributed by atoms with Gasteiger partial charge in [0.25, 0.3) is 5.69 Å². The van der Waals surface area contributed by atoms with E-state index in [4.69, 9.17) is 4.74 Å². The Morgan fingerprint density at radius 2 is 2.04 bits per heavy atom. The van der Waals surface area contributed by atoms with Crippen LogP contribution in [0, 0.1) is 16.0 Å². The van der Waals surface area contributed by atoms with Crippen LogP contribution in [0.2, 0.25) is 0 Å². The van der Waals surface area contributed by atoms with Crippen LogP contribution >= 0.6 is 11.8 Å². The number of hydrogen-bond acceptors (Lipinski definition) is 7. The number of nitro benzene ring substituents is 1. The minimum Gasteiger partial charge on any atom is -0.464 e. The molecule has 8 nitrogen and oxygen atoms in total. The second-order valence-electron chi connectivity index (χ2n) is 6.10. The Morgan fingerprint density at radius 1 is 1.35 bits per heavy atom. The van der Waals surface area contributed by atoms with Gasteiger partial charge in [-0.2, -0.15) is 4.72 Å². The first-order valence-corrected chi connectivity index (χ1v) is 11.0. The summed E-state index contributed by atoms with van der Waals surface area (Å²) < 4.78 is 31.8. The van der Waals surface area contributed by atoms with Crippen LogP contribution in [-0.2, 0) is 19.6 Å². The predicted molar refractivity (Wildman–Crippen MR) is 97.6 cm³/mol. The van der Waals surface area contributed by atoms with Crippen molar-refractivity contribution in [2.24, 2.45) is 5.92 Å². The Labute approximate surface area is 156 Å². The molecule has 1 aliphatic carbocycles. The molecule has 0 saturated heterocycles. The molecule has 144 valence electrons. The highest BCUT2D eigenvalue weighted by molar-refractivity contribution is 7.98. The minimum absolute atomic E-state index is 0.262. The van der Waals surface area contributed by atoms with Crippen LogP contribution in [0.4, 0.5) is 5.69 Å². The number of sulfonamides is 1. The maximum Gasteiger partial charge on any atom is 0.321 e. The van der Waals surface area contributed by atoms with E-state index in [-0.39, 0.29) is 10.6 Å². The van der Waals surface area contributed by atoms with Gasteiger partial charge in [0, 0.05) is 6.07 Å². The lowest BCUT2D eigenvalue weighted by molar-refractivity contribution is -0.387. The first-order chi connectivity index (χ1) is 12.3. The molecule has 1 fully saturated rings. The molecule has 1 saturated carbocycles. The molecule has 0 unspecified atom stereocenters.